The van der Waals surface area contributed by atoms with Gasteiger partial charge in [0.15, 0.2) is 0 Å². The van der Waals surface area contributed by atoms with Crippen molar-refractivity contribution in [2.24, 2.45) is 0 Å². The second-order valence-electron chi connectivity index (χ2n) is 7.29. The van der Waals surface area contributed by atoms with Gasteiger partial charge < -0.3 is 10.2 Å². The number of nitrogens with zero attached hydrogens (tertiary/aromatic N) is 2. The first kappa shape index (κ1) is 20.6. The van der Waals surface area contributed by atoms with Crippen molar-refractivity contribution in [1.82, 2.24) is 9.80 Å². The van der Waals surface area contributed by atoms with E-state index in [0.29, 0.717) is 4.75 Å². The quantitative estimate of drug-likeness (QED) is 0.724. The van der Waals surface area contributed by atoms with Crippen molar-refractivity contribution in [1.29, 1.82) is 0 Å². The number of nitrogens with one attached hydrogen (secondary N) is 1. The maximum absolute atomic E-state index is 11.1. The van der Waals surface area contributed by atoms with Crippen molar-refractivity contribution < 1.29 is 4.79 Å². The van der Waals surface area contributed by atoms with Crippen LogP contribution in [0.4, 0.5) is 5.69 Å². The van der Waals surface area contributed by atoms with Crippen molar-refractivity contribution in [3.05, 3.63) is 29.8 Å². The first-order chi connectivity index (χ1) is 11.9. The molecule has 0 radical (unpaired) electrons. The van der Waals surface area contributed by atoms with Crippen LogP contribution in [0.2, 0.25) is 0 Å². The van der Waals surface area contributed by atoms with Crippen molar-refractivity contribution in [2.45, 2.75) is 38.5 Å². The highest BCUT2D eigenvalue weighted by Crippen LogP contribution is 2.34. The van der Waals surface area contributed by atoms with Crippen molar-refractivity contribution in [3.8, 4) is 0 Å². The molecule has 1 amide bonds. The molecule has 0 unspecified atom stereocenters. The molecule has 1 fully saturated rings. The topological polar surface area (TPSA) is 35.6 Å². The van der Waals surface area contributed by atoms with Crippen molar-refractivity contribution >= 4 is 33.2 Å². The first-order valence-corrected chi connectivity index (χ1v) is 11.5. The molecule has 4 nitrogen and oxygen atoms in total. The van der Waals surface area contributed by atoms with Gasteiger partial charge >= 0.3 is 0 Å². The van der Waals surface area contributed by atoms with Gasteiger partial charge in [-0.25, -0.2) is 0 Å². The molecule has 0 bridgehead atoms. The van der Waals surface area contributed by atoms with Crippen LogP contribution in [0.25, 0.3) is 0 Å². The molecule has 140 valence electrons. The minimum atomic E-state index is -0.0251. The molecule has 6 heteroatoms. The lowest BCUT2D eigenvalue weighted by molar-refractivity contribution is -0.114. The SMILES string of the molecule is CSSC(C)(C)CN1CCCN(Cc2ccc(NC(C)=O)cc2)CC1. The van der Waals surface area contributed by atoms with Crippen molar-refractivity contribution in [3.63, 3.8) is 0 Å². The fourth-order valence-corrected chi connectivity index (χ4v) is 5.48. The first-order valence-electron chi connectivity index (χ1n) is 8.91. The van der Waals surface area contributed by atoms with Crippen LogP contribution >= 0.6 is 21.6 Å². The number of hydrogen-bond donors (Lipinski definition) is 1. The summed E-state index contributed by atoms with van der Waals surface area (Å²) in [6.07, 6.45) is 3.39. The van der Waals surface area contributed by atoms with Crippen LogP contribution in [0.1, 0.15) is 32.8 Å². The van der Waals surface area contributed by atoms with E-state index < -0.39 is 0 Å². The van der Waals surface area contributed by atoms with E-state index in [4.69, 9.17) is 0 Å². The summed E-state index contributed by atoms with van der Waals surface area (Å²) >= 11 is 0. The minimum absolute atomic E-state index is 0.0251. The predicted octanol–water partition coefficient (Wildman–Crippen LogP) is 3.94. The highest BCUT2D eigenvalue weighted by Gasteiger charge is 2.24. The van der Waals surface area contributed by atoms with E-state index in [1.54, 1.807) is 0 Å². The van der Waals surface area contributed by atoms with Gasteiger partial charge in [-0.1, -0.05) is 33.7 Å². The molecule has 1 aromatic carbocycles. The van der Waals surface area contributed by atoms with Gasteiger partial charge in [-0.15, -0.1) is 0 Å². The molecule has 0 atom stereocenters. The molecule has 2 rings (SSSR count). The summed E-state index contributed by atoms with van der Waals surface area (Å²) in [7, 11) is 3.84. The van der Waals surface area contributed by atoms with E-state index in [2.05, 4.69) is 47.4 Å². The van der Waals surface area contributed by atoms with Gasteiger partial charge in [0.2, 0.25) is 5.91 Å². The Balaban J connectivity index is 1.83. The zero-order valence-corrected chi connectivity index (χ0v) is 17.5. The molecule has 1 aromatic rings. The van der Waals surface area contributed by atoms with Crippen LogP contribution in [0, 0.1) is 0 Å². The smallest absolute Gasteiger partial charge is 0.221 e. The third-order valence-corrected chi connectivity index (χ3v) is 6.88. The number of anilines is 1. The Hall–Kier alpha value is -0.690. The van der Waals surface area contributed by atoms with Crippen LogP contribution in [0.15, 0.2) is 24.3 Å². The van der Waals surface area contributed by atoms with Crippen LogP contribution < -0.4 is 5.32 Å². The lowest BCUT2D eigenvalue weighted by Crippen LogP contribution is -2.38. The zero-order chi connectivity index (χ0) is 18.3. The fraction of sp³-hybridized carbons (Fsp3) is 0.632. The Labute approximate surface area is 160 Å². The van der Waals surface area contributed by atoms with Crippen LogP contribution in [0.5, 0.6) is 0 Å². The summed E-state index contributed by atoms with van der Waals surface area (Å²) in [5.74, 6) is -0.0251. The number of carbonyl (C=O) groups excluding carboxylic acids is 1. The van der Waals surface area contributed by atoms with Gasteiger partial charge in [-0.2, -0.15) is 0 Å². The van der Waals surface area contributed by atoms with E-state index in [1.807, 2.05) is 33.7 Å². The Morgan fingerprint density at radius 1 is 1.12 bits per heavy atom. The largest absolute Gasteiger partial charge is 0.326 e. The molecule has 0 aliphatic carbocycles. The Kier molecular flexibility index (Phi) is 8.13. The number of benzene rings is 1. The summed E-state index contributed by atoms with van der Waals surface area (Å²) < 4.78 is 0.300. The number of carbonyl (C=O) groups is 1. The molecule has 1 aliphatic rings. The lowest BCUT2D eigenvalue weighted by Gasteiger charge is -2.30. The Morgan fingerprint density at radius 2 is 1.76 bits per heavy atom. The molecule has 0 aromatic heterocycles. The van der Waals surface area contributed by atoms with Crippen LogP contribution in [0.3, 0.4) is 0 Å². The van der Waals surface area contributed by atoms with Gasteiger partial charge in [0, 0.05) is 43.5 Å². The molecule has 1 aliphatic heterocycles. The van der Waals surface area contributed by atoms with E-state index in [0.717, 1.165) is 38.4 Å². The van der Waals surface area contributed by atoms with Gasteiger partial charge in [-0.05, 0) is 57.3 Å². The molecule has 1 heterocycles. The van der Waals surface area contributed by atoms with E-state index in [-0.39, 0.29) is 5.91 Å². The van der Waals surface area contributed by atoms with E-state index in [9.17, 15) is 4.79 Å². The fourth-order valence-electron chi connectivity index (χ4n) is 3.29. The number of rotatable bonds is 7. The third kappa shape index (κ3) is 7.60. The second kappa shape index (κ2) is 9.86. The molecule has 0 spiro atoms. The molecule has 1 saturated heterocycles. The monoisotopic (exact) mass is 381 g/mol. The highest BCUT2D eigenvalue weighted by atomic mass is 33.1. The summed E-state index contributed by atoms with van der Waals surface area (Å²) in [6, 6.07) is 8.21. The van der Waals surface area contributed by atoms with Crippen molar-refractivity contribution in [2.75, 3.05) is 44.3 Å². The average Bonchev–Trinajstić information content (AvgIpc) is 2.73. The summed E-state index contributed by atoms with van der Waals surface area (Å²) in [5.41, 5.74) is 2.17. The van der Waals surface area contributed by atoms with Crippen LogP contribution in [-0.2, 0) is 11.3 Å². The Morgan fingerprint density at radius 3 is 2.40 bits per heavy atom. The summed E-state index contributed by atoms with van der Waals surface area (Å²) in [5, 5.41) is 2.82. The number of amides is 1. The molecule has 1 N–H and O–H groups in total. The minimum Gasteiger partial charge on any atom is -0.326 e. The van der Waals surface area contributed by atoms with Gasteiger partial charge in [-0.3, -0.25) is 9.69 Å². The maximum atomic E-state index is 11.1. The van der Waals surface area contributed by atoms with Crippen LogP contribution in [-0.4, -0.2) is 59.4 Å². The lowest BCUT2D eigenvalue weighted by atomic mass is 10.2. The second-order valence-corrected chi connectivity index (χ2v) is 10.4. The summed E-state index contributed by atoms with van der Waals surface area (Å²) in [6.45, 7) is 13.0. The molecule has 25 heavy (non-hydrogen) atoms. The average molecular weight is 382 g/mol. The normalized spacial score (nSPS) is 17.3. The molecule has 0 saturated carbocycles. The standard InChI is InChI=1S/C19H31N3OS2/c1-16(23)20-18-8-6-17(7-9-18)14-21-10-5-11-22(13-12-21)15-19(2,3)25-24-4/h6-9H,5,10-15H2,1-4H3,(H,20,23). The Bertz CT molecular complexity index is 548. The number of hydrogen-bond acceptors (Lipinski definition) is 5. The van der Waals surface area contributed by atoms with Gasteiger partial charge in [0.25, 0.3) is 0 Å². The third-order valence-electron chi connectivity index (χ3n) is 4.27. The van der Waals surface area contributed by atoms with E-state index >= 15 is 0 Å². The molecular weight excluding hydrogens is 350 g/mol. The summed E-state index contributed by atoms with van der Waals surface area (Å²) in [4.78, 5) is 16.3. The van der Waals surface area contributed by atoms with Gasteiger partial charge in [0.1, 0.15) is 0 Å². The maximum Gasteiger partial charge on any atom is 0.221 e. The highest BCUT2D eigenvalue weighted by molar-refractivity contribution is 8.76. The predicted molar refractivity (Wildman–Crippen MR) is 112 cm³/mol. The zero-order valence-electron chi connectivity index (χ0n) is 15.9. The van der Waals surface area contributed by atoms with E-state index in [1.165, 1.54) is 25.5 Å². The van der Waals surface area contributed by atoms with Gasteiger partial charge in [0.05, 0.1) is 0 Å². The molecular formula is C19H31N3OS2.